The van der Waals surface area contributed by atoms with Crippen molar-refractivity contribution in [1.82, 2.24) is 15.6 Å². The lowest BCUT2D eigenvalue weighted by molar-refractivity contribution is 0.751. The van der Waals surface area contributed by atoms with E-state index in [1.54, 1.807) is 6.08 Å². The van der Waals surface area contributed by atoms with Crippen LogP contribution in [-0.2, 0) is 0 Å². The van der Waals surface area contributed by atoms with Gasteiger partial charge in [-0.2, -0.15) is 0 Å². The first-order chi connectivity index (χ1) is 11.8. The van der Waals surface area contributed by atoms with Gasteiger partial charge in [-0.3, -0.25) is 0 Å². The molecule has 3 nitrogen and oxygen atoms in total. The van der Waals surface area contributed by atoms with Gasteiger partial charge in [-0.25, -0.2) is 0 Å². The van der Waals surface area contributed by atoms with E-state index in [-0.39, 0.29) is 5.92 Å². The molecule has 1 aromatic heterocycles. The maximum atomic E-state index is 5.34. The Balaban J connectivity index is 1.88. The fourth-order valence-corrected chi connectivity index (χ4v) is 3.06. The first-order valence-corrected chi connectivity index (χ1v) is 8.44. The Hall–Kier alpha value is -2.59. The largest absolute Gasteiger partial charge is 0.362 e. The Labute approximate surface area is 147 Å². The minimum Gasteiger partial charge on any atom is -0.362 e. The van der Waals surface area contributed by atoms with E-state index >= 15 is 0 Å². The van der Waals surface area contributed by atoms with Crippen LogP contribution in [0.4, 0.5) is 0 Å². The van der Waals surface area contributed by atoms with Crippen molar-refractivity contribution in [2.24, 2.45) is 0 Å². The molecular formula is C20H21N3S. The maximum absolute atomic E-state index is 5.34. The summed E-state index contributed by atoms with van der Waals surface area (Å²) in [5.41, 5.74) is 3.69. The molecule has 0 radical (unpaired) electrons. The van der Waals surface area contributed by atoms with E-state index in [0.717, 1.165) is 12.1 Å². The van der Waals surface area contributed by atoms with E-state index < -0.39 is 0 Å². The van der Waals surface area contributed by atoms with Crippen LogP contribution in [0.3, 0.4) is 0 Å². The van der Waals surface area contributed by atoms with Crippen LogP contribution >= 0.6 is 12.2 Å². The van der Waals surface area contributed by atoms with Crippen LogP contribution in [0.5, 0.6) is 0 Å². The number of para-hydroxylation sites is 1. The molecule has 3 aromatic rings. The number of H-pyrrole nitrogens is 1. The van der Waals surface area contributed by atoms with Gasteiger partial charge in [-0.1, -0.05) is 54.6 Å². The standard InChI is InChI=1S/C20H21N3S/c1-2-12-21-20(24)23-13-17(15-8-4-3-5-9-15)18-14-22-19-11-7-6-10-16(18)19/h2-11,14,17,22H,1,12-13H2,(H2,21,23,24)/t17-/m0/s1. The van der Waals surface area contributed by atoms with Crippen molar-refractivity contribution >= 4 is 28.2 Å². The Morgan fingerprint density at radius 2 is 1.83 bits per heavy atom. The molecule has 0 aliphatic carbocycles. The lowest BCUT2D eigenvalue weighted by Crippen LogP contribution is -2.37. The smallest absolute Gasteiger partial charge is 0.166 e. The van der Waals surface area contributed by atoms with Crippen LogP contribution in [0.2, 0.25) is 0 Å². The third-order valence-electron chi connectivity index (χ3n) is 4.07. The summed E-state index contributed by atoms with van der Waals surface area (Å²) in [6, 6.07) is 18.9. The number of hydrogen-bond acceptors (Lipinski definition) is 1. The first kappa shape index (κ1) is 16.3. The lowest BCUT2D eigenvalue weighted by Gasteiger charge is -2.19. The summed E-state index contributed by atoms with van der Waals surface area (Å²) in [6.45, 7) is 5.09. The van der Waals surface area contributed by atoms with Crippen LogP contribution in [0.15, 0.2) is 73.4 Å². The molecule has 1 atom stereocenters. The summed E-state index contributed by atoms with van der Waals surface area (Å²) >= 11 is 5.34. The van der Waals surface area contributed by atoms with Gasteiger partial charge in [0.25, 0.3) is 0 Å². The van der Waals surface area contributed by atoms with E-state index in [0.29, 0.717) is 11.7 Å². The van der Waals surface area contributed by atoms with Crippen molar-refractivity contribution in [2.45, 2.75) is 5.92 Å². The third-order valence-corrected chi connectivity index (χ3v) is 4.36. The van der Waals surface area contributed by atoms with Crippen molar-refractivity contribution < 1.29 is 0 Å². The Morgan fingerprint density at radius 3 is 2.62 bits per heavy atom. The zero-order valence-electron chi connectivity index (χ0n) is 13.5. The zero-order chi connectivity index (χ0) is 16.8. The van der Waals surface area contributed by atoms with Gasteiger partial charge in [0, 0.05) is 36.1 Å². The average Bonchev–Trinajstić information content (AvgIpc) is 3.05. The fourth-order valence-electron chi connectivity index (χ4n) is 2.90. The number of aromatic nitrogens is 1. The second-order valence-electron chi connectivity index (χ2n) is 5.63. The minimum atomic E-state index is 0.214. The molecule has 0 saturated heterocycles. The molecule has 0 aliphatic heterocycles. The molecular weight excluding hydrogens is 314 g/mol. The normalized spacial score (nSPS) is 11.8. The predicted molar refractivity (Wildman–Crippen MR) is 105 cm³/mol. The van der Waals surface area contributed by atoms with Crippen LogP contribution in [0, 0.1) is 0 Å². The van der Waals surface area contributed by atoms with Gasteiger partial charge in [-0.15, -0.1) is 6.58 Å². The zero-order valence-corrected chi connectivity index (χ0v) is 14.3. The number of hydrogen-bond donors (Lipinski definition) is 3. The van der Waals surface area contributed by atoms with Gasteiger partial charge >= 0.3 is 0 Å². The van der Waals surface area contributed by atoms with Gasteiger partial charge in [0.2, 0.25) is 0 Å². The van der Waals surface area contributed by atoms with E-state index in [1.165, 1.54) is 16.5 Å². The number of fused-ring (bicyclic) bond motifs is 1. The molecule has 1 heterocycles. The van der Waals surface area contributed by atoms with Crippen molar-refractivity contribution in [3.63, 3.8) is 0 Å². The van der Waals surface area contributed by atoms with Crippen LogP contribution in [0.25, 0.3) is 10.9 Å². The van der Waals surface area contributed by atoms with Gasteiger partial charge in [0.15, 0.2) is 5.11 Å². The van der Waals surface area contributed by atoms with Gasteiger partial charge in [0.05, 0.1) is 0 Å². The molecule has 0 aliphatic rings. The van der Waals surface area contributed by atoms with Crippen LogP contribution in [-0.4, -0.2) is 23.2 Å². The summed E-state index contributed by atoms with van der Waals surface area (Å²) in [7, 11) is 0. The fraction of sp³-hybridized carbons (Fsp3) is 0.150. The predicted octanol–water partition coefficient (Wildman–Crippen LogP) is 3.95. The van der Waals surface area contributed by atoms with E-state index in [9.17, 15) is 0 Å². The van der Waals surface area contributed by atoms with E-state index in [2.05, 4.69) is 70.9 Å². The van der Waals surface area contributed by atoms with Crippen molar-refractivity contribution in [3.05, 3.63) is 84.6 Å². The molecule has 122 valence electrons. The number of nitrogens with one attached hydrogen (secondary N) is 3. The number of rotatable bonds is 6. The molecule has 2 aromatic carbocycles. The van der Waals surface area contributed by atoms with Gasteiger partial charge in [0.1, 0.15) is 0 Å². The lowest BCUT2D eigenvalue weighted by atomic mass is 9.91. The van der Waals surface area contributed by atoms with Crippen LogP contribution in [0.1, 0.15) is 17.0 Å². The second kappa shape index (κ2) is 7.79. The third kappa shape index (κ3) is 3.66. The van der Waals surface area contributed by atoms with E-state index in [1.807, 2.05) is 12.1 Å². The Bertz CT molecular complexity index is 823. The quantitative estimate of drug-likeness (QED) is 0.472. The SMILES string of the molecule is C=CCNC(=S)NC[C@@H](c1ccccc1)c1c[nH]c2ccccc12. The molecule has 24 heavy (non-hydrogen) atoms. The maximum Gasteiger partial charge on any atom is 0.166 e. The molecule has 0 unspecified atom stereocenters. The topological polar surface area (TPSA) is 39.8 Å². The summed E-state index contributed by atoms with van der Waals surface area (Å²) in [6.07, 6.45) is 3.90. The highest BCUT2D eigenvalue weighted by molar-refractivity contribution is 7.80. The van der Waals surface area contributed by atoms with Crippen molar-refractivity contribution in [3.8, 4) is 0 Å². The highest BCUT2D eigenvalue weighted by Gasteiger charge is 2.18. The highest BCUT2D eigenvalue weighted by Crippen LogP contribution is 2.30. The number of aromatic amines is 1. The second-order valence-corrected chi connectivity index (χ2v) is 6.04. The van der Waals surface area contributed by atoms with Crippen molar-refractivity contribution in [1.29, 1.82) is 0 Å². The summed E-state index contributed by atoms with van der Waals surface area (Å²) < 4.78 is 0. The summed E-state index contributed by atoms with van der Waals surface area (Å²) in [4.78, 5) is 3.37. The molecule has 0 spiro atoms. The van der Waals surface area contributed by atoms with Crippen LogP contribution < -0.4 is 10.6 Å². The van der Waals surface area contributed by atoms with Gasteiger partial charge in [-0.05, 0) is 29.4 Å². The Morgan fingerprint density at radius 1 is 1.08 bits per heavy atom. The molecule has 4 heteroatoms. The molecule has 3 rings (SSSR count). The average molecular weight is 335 g/mol. The molecule has 3 N–H and O–H groups in total. The molecule has 0 bridgehead atoms. The number of benzene rings is 2. The molecule has 0 fully saturated rings. The highest BCUT2D eigenvalue weighted by atomic mass is 32.1. The summed E-state index contributed by atoms with van der Waals surface area (Å²) in [5.74, 6) is 0.214. The summed E-state index contributed by atoms with van der Waals surface area (Å²) in [5, 5.41) is 8.34. The van der Waals surface area contributed by atoms with E-state index in [4.69, 9.17) is 12.2 Å². The first-order valence-electron chi connectivity index (χ1n) is 8.03. The molecule has 0 amide bonds. The minimum absolute atomic E-state index is 0.214. The van der Waals surface area contributed by atoms with Gasteiger partial charge < -0.3 is 15.6 Å². The van der Waals surface area contributed by atoms with Crippen molar-refractivity contribution in [2.75, 3.05) is 13.1 Å². The molecule has 0 saturated carbocycles. The monoisotopic (exact) mass is 335 g/mol. The Kier molecular flexibility index (Phi) is 5.29. The number of thiocarbonyl (C=S) groups is 1.